The summed E-state index contributed by atoms with van der Waals surface area (Å²) in [6.45, 7) is 2.27. The van der Waals surface area contributed by atoms with Crippen molar-refractivity contribution in [2.24, 2.45) is 23.2 Å². The molecule has 0 aromatic carbocycles. The summed E-state index contributed by atoms with van der Waals surface area (Å²) in [7, 11) is 0. The summed E-state index contributed by atoms with van der Waals surface area (Å²) in [4.78, 5) is 31.1. The Morgan fingerprint density at radius 1 is 1.00 bits per heavy atom. The van der Waals surface area contributed by atoms with Gasteiger partial charge in [-0.1, -0.05) is 12.2 Å². The van der Waals surface area contributed by atoms with Gasteiger partial charge in [0.15, 0.2) is 0 Å². The van der Waals surface area contributed by atoms with Crippen LogP contribution < -0.4 is 0 Å². The van der Waals surface area contributed by atoms with Crippen LogP contribution in [0.25, 0.3) is 0 Å². The van der Waals surface area contributed by atoms with Crippen LogP contribution in [0, 0.1) is 23.2 Å². The Balaban J connectivity index is 1.10. The predicted molar refractivity (Wildman–Crippen MR) is 114 cm³/mol. The third-order valence-electron chi connectivity index (χ3n) is 9.30. The molecule has 0 N–H and O–H groups in total. The maximum Gasteiger partial charge on any atom is 0.226 e. The largest absolute Gasteiger partial charge is 0.378 e. The number of allylic oxidation sites excluding steroid dienone is 2. The van der Waals surface area contributed by atoms with E-state index in [9.17, 15) is 9.59 Å². The van der Waals surface area contributed by atoms with Gasteiger partial charge in [0.1, 0.15) is 0 Å². The number of fused-ring (bicyclic) bond motifs is 7. The normalized spacial score (nSPS) is 44.4. The van der Waals surface area contributed by atoms with E-state index < -0.39 is 0 Å². The van der Waals surface area contributed by atoms with Gasteiger partial charge in [-0.2, -0.15) is 0 Å². The van der Waals surface area contributed by atoms with Crippen molar-refractivity contribution in [1.29, 1.82) is 0 Å². The van der Waals surface area contributed by atoms with Gasteiger partial charge >= 0.3 is 0 Å². The van der Waals surface area contributed by atoms with E-state index in [0.717, 1.165) is 77.5 Å². The standard InChI is InChI=1S/C25H36N2O3/c28-23(13-25-8-6-22(7-9-25)30-16-25)26-14-20-4-5-21(15-26)27(20)24(29)19-11-17-2-1-3-18(10-17)12-19/h1-2,17-22H,3-16H2/t17-,18+,19-,20-,21+,22?,25?/m0/s1. The Bertz CT molecular complexity index is 713. The fourth-order valence-corrected chi connectivity index (χ4v) is 7.65. The molecule has 0 radical (unpaired) electrons. The summed E-state index contributed by atoms with van der Waals surface area (Å²) in [6.07, 6.45) is 17.0. The molecule has 2 amide bonds. The van der Waals surface area contributed by atoms with Gasteiger partial charge in [-0.05, 0) is 76.0 Å². The maximum atomic E-state index is 13.5. The number of carbonyl (C=O) groups excluding carboxylic acids is 2. The molecule has 5 atom stereocenters. The molecule has 0 aromatic heterocycles. The summed E-state index contributed by atoms with van der Waals surface area (Å²) < 4.78 is 5.94. The Morgan fingerprint density at radius 2 is 1.77 bits per heavy atom. The summed E-state index contributed by atoms with van der Waals surface area (Å²) in [6, 6.07) is 0.488. The van der Waals surface area contributed by atoms with Gasteiger partial charge in [0.2, 0.25) is 11.8 Å². The van der Waals surface area contributed by atoms with E-state index in [2.05, 4.69) is 22.0 Å². The van der Waals surface area contributed by atoms with Crippen molar-refractivity contribution in [3.05, 3.63) is 12.2 Å². The van der Waals surface area contributed by atoms with Crippen LogP contribution in [0.1, 0.15) is 70.6 Å². The van der Waals surface area contributed by atoms with Crippen LogP contribution in [-0.4, -0.2) is 59.5 Å². The average molecular weight is 413 g/mol. The second kappa shape index (κ2) is 7.36. The highest BCUT2D eigenvalue weighted by molar-refractivity contribution is 5.81. The van der Waals surface area contributed by atoms with Crippen molar-refractivity contribution >= 4 is 11.8 Å². The van der Waals surface area contributed by atoms with E-state index in [-0.39, 0.29) is 23.4 Å². The van der Waals surface area contributed by atoms with Crippen molar-refractivity contribution in [2.45, 2.75) is 88.8 Å². The van der Waals surface area contributed by atoms with Crippen molar-refractivity contribution < 1.29 is 14.3 Å². The number of piperazine rings is 1. The highest BCUT2D eigenvalue weighted by Crippen LogP contribution is 2.46. The van der Waals surface area contributed by atoms with Gasteiger partial charge in [-0.25, -0.2) is 0 Å². The first-order valence-electron chi connectivity index (χ1n) is 12.5. The molecule has 7 aliphatic rings. The molecule has 6 fully saturated rings. The third-order valence-corrected chi connectivity index (χ3v) is 9.30. The fourth-order valence-electron chi connectivity index (χ4n) is 7.65. The number of likely N-dealkylation sites (tertiary alicyclic amines) is 1. The lowest BCUT2D eigenvalue weighted by Crippen LogP contribution is -2.59. The number of ether oxygens (including phenoxy) is 1. The van der Waals surface area contributed by atoms with E-state index in [1.165, 1.54) is 6.42 Å². The second-order valence-corrected chi connectivity index (χ2v) is 11.3. The van der Waals surface area contributed by atoms with E-state index in [4.69, 9.17) is 4.74 Å². The molecular formula is C25H36N2O3. The molecule has 4 saturated heterocycles. The topological polar surface area (TPSA) is 49.9 Å². The zero-order chi connectivity index (χ0) is 20.3. The minimum absolute atomic E-state index is 0.0885. The van der Waals surface area contributed by atoms with E-state index in [0.29, 0.717) is 36.2 Å². The molecule has 5 heteroatoms. The zero-order valence-electron chi connectivity index (χ0n) is 18.1. The second-order valence-electron chi connectivity index (χ2n) is 11.3. The predicted octanol–water partition coefficient (Wildman–Crippen LogP) is 3.53. The number of carbonyl (C=O) groups is 2. The molecule has 164 valence electrons. The molecule has 5 nitrogen and oxygen atoms in total. The van der Waals surface area contributed by atoms with Crippen LogP contribution in [0.4, 0.5) is 0 Å². The summed E-state index contributed by atoms with van der Waals surface area (Å²) >= 11 is 0. The first kappa shape index (κ1) is 19.3. The van der Waals surface area contributed by atoms with Gasteiger partial charge in [0.05, 0.1) is 12.7 Å². The lowest BCUT2D eigenvalue weighted by Gasteiger charge is -2.48. The summed E-state index contributed by atoms with van der Waals surface area (Å²) in [5, 5.41) is 0. The van der Waals surface area contributed by atoms with Crippen LogP contribution >= 0.6 is 0 Å². The Hall–Kier alpha value is -1.36. The van der Waals surface area contributed by atoms with Crippen LogP contribution in [0.3, 0.4) is 0 Å². The number of hydrogen-bond donors (Lipinski definition) is 0. The molecule has 2 saturated carbocycles. The van der Waals surface area contributed by atoms with Crippen LogP contribution in [0.2, 0.25) is 0 Å². The third kappa shape index (κ3) is 3.32. The lowest BCUT2D eigenvalue weighted by atomic mass is 9.69. The van der Waals surface area contributed by atoms with Gasteiger partial charge < -0.3 is 14.5 Å². The molecular weight excluding hydrogens is 376 g/mol. The molecule has 3 aliphatic carbocycles. The molecule has 6 bridgehead atoms. The van der Waals surface area contributed by atoms with Crippen molar-refractivity contribution in [2.75, 3.05) is 19.7 Å². The molecule has 0 spiro atoms. The minimum atomic E-state index is 0.0885. The van der Waals surface area contributed by atoms with Crippen LogP contribution in [0.5, 0.6) is 0 Å². The summed E-state index contributed by atoms with van der Waals surface area (Å²) in [5.41, 5.74) is 0.0885. The molecule has 0 unspecified atom stereocenters. The maximum absolute atomic E-state index is 13.5. The number of amides is 2. The smallest absolute Gasteiger partial charge is 0.226 e. The monoisotopic (exact) mass is 412 g/mol. The zero-order valence-corrected chi connectivity index (χ0v) is 18.1. The average Bonchev–Trinajstić information content (AvgIpc) is 3.02. The van der Waals surface area contributed by atoms with Gasteiger partial charge in [-0.3, -0.25) is 9.59 Å². The molecule has 0 aromatic rings. The van der Waals surface area contributed by atoms with Gasteiger partial charge in [0.25, 0.3) is 0 Å². The summed E-state index contributed by atoms with van der Waals surface area (Å²) in [5.74, 6) is 2.23. The van der Waals surface area contributed by atoms with Gasteiger partial charge in [-0.15, -0.1) is 0 Å². The number of rotatable bonds is 3. The fraction of sp³-hybridized carbons (Fsp3) is 0.840. The Morgan fingerprint density at radius 3 is 2.43 bits per heavy atom. The highest BCUT2D eigenvalue weighted by atomic mass is 16.5. The minimum Gasteiger partial charge on any atom is -0.378 e. The van der Waals surface area contributed by atoms with E-state index in [1.54, 1.807) is 0 Å². The van der Waals surface area contributed by atoms with Crippen molar-refractivity contribution in [3.8, 4) is 0 Å². The van der Waals surface area contributed by atoms with Crippen LogP contribution in [-0.2, 0) is 14.3 Å². The molecule has 4 heterocycles. The van der Waals surface area contributed by atoms with E-state index in [1.807, 2.05) is 0 Å². The van der Waals surface area contributed by atoms with Crippen LogP contribution in [0.15, 0.2) is 12.2 Å². The van der Waals surface area contributed by atoms with Gasteiger partial charge in [0, 0.05) is 42.9 Å². The van der Waals surface area contributed by atoms with E-state index >= 15 is 0 Å². The Labute approximate surface area is 180 Å². The molecule has 4 aliphatic heterocycles. The molecule has 30 heavy (non-hydrogen) atoms. The molecule has 7 rings (SSSR count). The quantitative estimate of drug-likeness (QED) is 0.667. The van der Waals surface area contributed by atoms with Crippen molar-refractivity contribution in [3.63, 3.8) is 0 Å². The highest BCUT2D eigenvalue weighted by Gasteiger charge is 2.48. The Kier molecular flexibility index (Phi) is 4.74. The number of nitrogens with zero attached hydrogens (tertiary/aromatic N) is 2. The number of hydrogen-bond acceptors (Lipinski definition) is 3. The SMILES string of the molecule is O=C(CC12CCC(CC1)OC2)N1C[C@H]2CC[C@@H](C1)N2C(=O)[C@H]1C[C@H]2C=CC[C@H](C2)C1. The first-order valence-corrected chi connectivity index (χ1v) is 12.5. The lowest BCUT2D eigenvalue weighted by molar-refractivity contribution is -0.155. The van der Waals surface area contributed by atoms with Crippen molar-refractivity contribution in [1.82, 2.24) is 9.80 Å². The first-order chi connectivity index (χ1) is 14.6.